The molecule has 0 spiro atoms. The Kier molecular flexibility index (Phi) is 9.14. The maximum Gasteiger partial charge on any atom is 0.227 e. The predicted molar refractivity (Wildman–Crippen MR) is 255 cm³/mol. The number of aromatic nitrogens is 1. The number of hydrogen-bond acceptors (Lipinski definition) is 4. The number of fused-ring (bicyclic) bond motifs is 6. The van der Waals surface area contributed by atoms with Gasteiger partial charge in [0.15, 0.2) is 5.58 Å². The smallest absolute Gasteiger partial charge is 0.227 e. The highest BCUT2D eigenvalue weighted by Gasteiger charge is 2.19. The van der Waals surface area contributed by atoms with Gasteiger partial charge in [0.2, 0.25) is 5.89 Å². The van der Waals surface area contributed by atoms with Crippen LogP contribution in [0.4, 0.5) is 34.1 Å². The van der Waals surface area contributed by atoms with Crippen LogP contribution in [-0.4, -0.2) is 4.98 Å². The van der Waals surface area contributed by atoms with Crippen molar-refractivity contribution in [1.82, 2.24) is 4.98 Å². The highest BCUT2D eigenvalue weighted by molar-refractivity contribution is 6.24. The first-order chi connectivity index (χ1) is 30.2. The minimum atomic E-state index is 0.613. The molecule has 61 heavy (non-hydrogen) atoms. The van der Waals surface area contributed by atoms with Gasteiger partial charge in [0.1, 0.15) is 5.52 Å². The highest BCUT2D eigenvalue weighted by atomic mass is 16.3. The average molecular weight is 782 g/mol. The van der Waals surface area contributed by atoms with E-state index >= 15 is 0 Å². The summed E-state index contributed by atoms with van der Waals surface area (Å²) in [6, 6.07) is 83.5. The Morgan fingerprint density at radius 2 is 0.639 bits per heavy atom. The standard InChI is InChI=1S/C57H39N3O/c1-6-18-40(19-7-1)57-58-55-51-34-32-43(41-20-16-30-49(36-41)59(45-22-8-2-9-23-45)46-24-10-3-11-25-46)38-53(51)54-39-44(33-35-52(54)56(55)61-57)42-21-17-31-50(37-42)60(47-26-12-4-13-27-47)48-28-14-5-15-29-48/h1-39H. The Morgan fingerprint density at radius 3 is 1.10 bits per heavy atom. The molecule has 0 saturated heterocycles. The molecule has 0 aliphatic rings. The van der Waals surface area contributed by atoms with Crippen LogP contribution in [0.1, 0.15) is 0 Å². The van der Waals surface area contributed by atoms with E-state index < -0.39 is 0 Å². The molecule has 0 radical (unpaired) electrons. The minimum absolute atomic E-state index is 0.613. The lowest BCUT2D eigenvalue weighted by molar-refractivity contribution is 0.623. The van der Waals surface area contributed by atoms with Crippen molar-refractivity contribution in [1.29, 1.82) is 0 Å². The third kappa shape index (κ3) is 6.76. The lowest BCUT2D eigenvalue weighted by atomic mass is 9.93. The second-order valence-electron chi connectivity index (χ2n) is 15.2. The quantitative estimate of drug-likeness (QED) is 0.137. The van der Waals surface area contributed by atoms with Gasteiger partial charge in [0, 0.05) is 50.5 Å². The number of benzene rings is 10. The van der Waals surface area contributed by atoms with E-state index in [2.05, 4.69) is 216 Å². The molecule has 4 nitrogen and oxygen atoms in total. The molecule has 11 rings (SSSR count). The number of oxazole rings is 1. The van der Waals surface area contributed by atoms with E-state index in [9.17, 15) is 0 Å². The van der Waals surface area contributed by atoms with E-state index in [0.717, 1.165) is 94.6 Å². The van der Waals surface area contributed by atoms with Crippen LogP contribution in [0.2, 0.25) is 0 Å². The molecule has 0 bridgehead atoms. The molecule has 0 aliphatic heterocycles. The summed E-state index contributed by atoms with van der Waals surface area (Å²) in [6.45, 7) is 0. The summed E-state index contributed by atoms with van der Waals surface area (Å²) >= 11 is 0. The van der Waals surface area contributed by atoms with E-state index in [1.54, 1.807) is 0 Å². The molecule has 1 aromatic heterocycles. The molecule has 1 heterocycles. The van der Waals surface area contributed by atoms with Gasteiger partial charge in [-0.15, -0.1) is 0 Å². The number of anilines is 6. The number of para-hydroxylation sites is 4. The monoisotopic (exact) mass is 781 g/mol. The lowest BCUT2D eigenvalue weighted by Gasteiger charge is -2.26. The summed E-state index contributed by atoms with van der Waals surface area (Å²) in [6.07, 6.45) is 0. The van der Waals surface area contributed by atoms with Crippen LogP contribution < -0.4 is 9.80 Å². The number of nitrogens with zero attached hydrogens (tertiary/aromatic N) is 3. The van der Waals surface area contributed by atoms with Crippen LogP contribution in [0.5, 0.6) is 0 Å². The van der Waals surface area contributed by atoms with Crippen molar-refractivity contribution in [3.8, 4) is 33.7 Å². The zero-order valence-corrected chi connectivity index (χ0v) is 33.3. The molecule has 0 fully saturated rings. The maximum atomic E-state index is 6.69. The molecule has 0 aliphatic carbocycles. The average Bonchev–Trinajstić information content (AvgIpc) is 3.80. The Balaban J connectivity index is 1.09. The Bertz CT molecular complexity index is 3010. The van der Waals surface area contributed by atoms with Crippen molar-refractivity contribution in [3.63, 3.8) is 0 Å². The minimum Gasteiger partial charge on any atom is -0.435 e. The zero-order chi connectivity index (χ0) is 40.5. The van der Waals surface area contributed by atoms with Crippen molar-refractivity contribution in [2.24, 2.45) is 0 Å². The molecule has 0 amide bonds. The van der Waals surface area contributed by atoms with Gasteiger partial charge in [-0.25, -0.2) is 4.98 Å². The molecule has 0 N–H and O–H groups in total. The molecule has 10 aromatic carbocycles. The normalized spacial score (nSPS) is 11.3. The van der Waals surface area contributed by atoms with E-state index in [1.165, 1.54) is 0 Å². The summed E-state index contributed by atoms with van der Waals surface area (Å²) in [5, 5.41) is 4.30. The fraction of sp³-hybridized carbons (Fsp3) is 0. The van der Waals surface area contributed by atoms with Gasteiger partial charge in [-0.2, -0.15) is 0 Å². The first-order valence-electron chi connectivity index (χ1n) is 20.6. The van der Waals surface area contributed by atoms with E-state index in [4.69, 9.17) is 9.40 Å². The first kappa shape index (κ1) is 35.9. The Labute approximate surface area is 354 Å². The lowest BCUT2D eigenvalue weighted by Crippen LogP contribution is -2.09. The second kappa shape index (κ2) is 15.5. The fourth-order valence-corrected chi connectivity index (χ4v) is 8.54. The first-order valence-corrected chi connectivity index (χ1v) is 20.6. The third-order valence-electron chi connectivity index (χ3n) is 11.4. The highest BCUT2D eigenvalue weighted by Crippen LogP contribution is 2.43. The van der Waals surface area contributed by atoms with Gasteiger partial charge in [-0.1, -0.05) is 133 Å². The van der Waals surface area contributed by atoms with E-state index in [1.807, 2.05) is 30.3 Å². The third-order valence-corrected chi connectivity index (χ3v) is 11.4. The topological polar surface area (TPSA) is 32.5 Å². The van der Waals surface area contributed by atoms with Crippen LogP contribution in [0.15, 0.2) is 241 Å². The van der Waals surface area contributed by atoms with Gasteiger partial charge < -0.3 is 14.2 Å². The fourth-order valence-electron chi connectivity index (χ4n) is 8.54. The molecule has 0 unspecified atom stereocenters. The predicted octanol–water partition coefficient (Wildman–Crippen LogP) is 16.1. The second-order valence-corrected chi connectivity index (χ2v) is 15.2. The van der Waals surface area contributed by atoms with Gasteiger partial charge in [0.05, 0.1) is 0 Å². The Morgan fingerprint density at radius 1 is 0.279 bits per heavy atom. The molecule has 0 saturated carbocycles. The van der Waals surface area contributed by atoms with E-state index in [0.29, 0.717) is 5.89 Å². The van der Waals surface area contributed by atoms with Crippen molar-refractivity contribution in [2.75, 3.05) is 9.80 Å². The van der Waals surface area contributed by atoms with Gasteiger partial charge in [-0.05, 0) is 136 Å². The molecular weight excluding hydrogens is 743 g/mol. The zero-order valence-electron chi connectivity index (χ0n) is 33.3. The number of hydrogen-bond donors (Lipinski definition) is 0. The van der Waals surface area contributed by atoms with Crippen molar-refractivity contribution in [2.45, 2.75) is 0 Å². The molecule has 11 aromatic rings. The van der Waals surface area contributed by atoms with Crippen molar-refractivity contribution in [3.05, 3.63) is 237 Å². The maximum absolute atomic E-state index is 6.69. The summed E-state index contributed by atoms with van der Waals surface area (Å²) in [5.74, 6) is 0.613. The number of rotatable bonds is 9. The molecule has 288 valence electrons. The van der Waals surface area contributed by atoms with E-state index in [-0.39, 0.29) is 0 Å². The van der Waals surface area contributed by atoms with Gasteiger partial charge >= 0.3 is 0 Å². The molecule has 4 heteroatoms. The largest absolute Gasteiger partial charge is 0.435 e. The van der Waals surface area contributed by atoms with Gasteiger partial charge in [0.25, 0.3) is 0 Å². The summed E-state index contributed by atoms with van der Waals surface area (Å²) in [4.78, 5) is 9.77. The summed E-state index contributed by atoms with van der Waals surface area (Å²) < 4.78 is 6.69. The van der Waals surface area contributed by atoms with Crippen LogP contribution in [0, 0.1) is 0 Å². The van der Waals surface area contributed by atoms with Gasteiger partial charge in [-0.3, -0.25) is 0 Å². The van der Waals surface area contributed by atoms with Crippen LogP contribution in [0.25, 0.3) is 66.4 Å². The van der Waals surface area contributed by atoms with Crippen LogP contribution in [-0.2, 0) is 0 Å². The Hall–Kier alpha value is -8.21. The summed E-state index contributed by atoms with van der Waals surface area (Å²) in [7, 11) is 0. The molecular formula is C57H39N3O. The summed E-state index contributed by atoms with van der Waals surface area (Å²) in [5.41, 5.74) is 13.7. The van der Waals surface area contributed by atoms with Crippen LogP contribution >= 0.6 is 0 Å². The van der Waals surface area contributed by atoms with Crippen LogP contribution in [0.3, 0.4) is 0 Å². The van der Waals surface area contributed by atoms with Crippen molar-refractivity contribution >= 4 is 66.8 Å². The SMILES string of the molecule is c1ccc(-c2nc3c4ccc(-c5cccc(N(c6ccccc6)c6ccccc6)c5)cc4c4cc(-c5cccc(N(c6ccccc6)c6ccccc6)c5)ccc4c3o2)cc1. The molecule has 0 atom stereocenters. The van der Waals surface area contributed by atoms with Crippen molar-refractivity contribution < 1.29 is 4.42 Å².